The Morgan fingerprint density at radius 2 is 1.96 bits per heavy atom. The predicted octanol–water partition coefficient (Wildman–Crippen LogP) is 2.21. The lowest BCUT2D eigenvalue weighted by Crippen LogP contribution is -2.47. The van der Waals surface area contributed by atoms with Crippen molar-refractivity contribution >= 4 is 29.4 Å². The zero-order chi connectivity index (χ0) is 19.1. The van der Waals surface area contributed by atoms with Crippen LogP contribution < -0.4 is 5.32 Å². The first-order valence-electron chi connectivity index (χ1n) is 7.89. The van der Waals surface area contributed by atoms with Crippen LogP contribution in [0.15, 0.2) is 6.07 Å². The molecular formula is C17H23ClN2O5. The van der Waals surface area contributed by atoms with Crippen molar-refractivity contribution in [3.63, 3.8) is 0 Å². The summed E-state index contributed by atoms with van der Waals surface area (Å²) in [5.74, 6) is -2.01. The molecular weight excluding hydrogens is 348 g/mol. The highest BCUT2D eigenvalue weighted by molar-refractivity contribution is 6.32. The molecule has 1 rings (SSSR count). The van der Waals surface area contributed by atoms with Crippen LogP contribution in [0.1, 0.15) is 41.9 Å². The lowest BCUT2D eigenvalue weighted by molar-refractivity contribution is -0.147. The highest BCUT2D eigenvalue weighted by atomic mass is 35.5. The fraction of sp³-hybridized carbons (Fsp3) is 0.529. The molecule has 138 valence electrons. The van der Waals surface area contributed by atoms with Gasteiger partial charge < -0.3 is 14.8 Å². The Bertz CT molecular complexity index is 639. The van der Waals surface area contributed by atoms with Crippen LogP contribution in [0.4, 0.5) is 0 Å². The second-order valence-corrected chi connectivity index (χ2v) is 6.13. The normalized spacial score (nSPS) is 12.9. The zero-order valence-electron chi connectivity index (χ0n) is 15.0. The van der Waals surface area contributed by atoms with Gasteiger partial charge >= 0.3 is 11.9 Å². The number of pyridine rings is 1. The minimum absolute atomic E-state index is 0.0231. The van der Waals surface area contributed by atoms with Crippen LogP contribution in [0.25, 0.3) is 0 Å². The maximum absolute atomic E-state index is 12.1. The molecule has 1 amide bonds. The number of methoxy groups -OCH3 is 1. The highest BCUT2D eigenvalue weighted by Gasteiger charge is 2.27. The molecule has 0 fully saturated rings. The standard InChI is InChI=1S/C17H23ClN2O5/c1-6-9(2)14(17(23)24-5)20-12(21)8-25-16(22)13-10(3)7-11(4)19-15(13)18/h7,9,14H,6,8H2,1-5H3,(H,20,21)/t9-,14+/m1/s1. The predicted molar refractivity (Wildman–Crippen MR) is 92.4 cm³/mol. The van der Waals surface area contributed by atoms with Crippen LogP contribution in [0.5, 0.6) is 0 Å². The number of halogens is 1. The summed E-state index contributed by atoms with van der Waals surface area (Å²) >= 11 is 5.98. The first kappa shape index (κ1) is 20.9. The molecule has 0 aliphatic rings. The van der Waals surface area contributed by atoms with Crippen molar-refractivity contribution in [1.29, 1.82) is 0 Å². The van der Waals surface area contributed by atoms with Crippen LogP contribution in [0.2, 0.25) is 5.15 Å². The number of hydrogen-bond acceptors (Lipinski definition) is 6. The van der Waals surface area contributed by atoms with Crippen LogP contribution in [0.3, 0.4) is 0 Å². The van der Waals surface area contributed by atoms with E-state index in [4.69, 9.17) is 16.3 Å². The zero-order valence-corrected chi connectivity index (χ0v) is 15.8. The average Bonchev–Trinajstić information content (AvgIpc) is 2.55. The van der Waals surface area contributed by atoms with Gasteiger partial charge in [-0.3, -0.25) is 4.79 Å². The molecule has 0 aliphatic heterocycles. The SMILES string of the molecule is CC[C@@H](C)[C@H](NC(=O)COC(=O)c1c(C)cc(C)nc1Cl)C(=O)OC. The number of carbonyl (C=O) groups excluding carboxylic acids is 3. The maximum Gasteiger partial charge on any atom is 0.342 e. The lowest BCUT2D eigenvalue weighted by atomic mass is 9.99. The molecule has 0 radical (unpaired) electrons. The molecule has 1 aromatic rings. The number of carbonyl (C=O) groups is 3. The van der Waals surface area contributed by atoms with E-state index in [0.717, 1.165) is 0 Å². The van der Waals surface area contributed by atoms with Crippen molar-refractivity contribution < 1.29 is 23.9 Å². The van der Waals surface area contributed by atoms with E-state index in [2.05, 4.69) is 15.0 Å². The third-order valence-electron chi connectivity index (χ3n) is 3.82. The van der Waals surface area contributed by atoms with Crippen molar-refractivity contribution in [2.45, 2.75) is 40.2 Å². The number of hydrogen-bond donors (Lipinski definition) is 1. The number of ether oxygens (including phenoxy) is 2. The monoisotopic (exact) mass is 370 g/mol. The molecule has 1 heterocycles. The Labute approximate surface area is 152 Å². The van der Waals surface area contributed by atoms with Gasteiger partial charge in [0, 0.05) is 5.69 Å². The Morgan fingerprint density at radius 3 is 2.48 bits per heavy atom. The summed E-state index contributed by atoms with van der Waals surface area (Å²) < 4.78 is 9.68. The molecule has 2 atom stereocenters. The van der Waals surface area contributed by atoms with E-state index in [9.17, 15) is 14.4 Å². The number of rotatable bonds is 7. The summed E-state index contributed by atoms with van der Waals surface area (Å²) in [6.07, 6.45) is 0.670. The number of nitrogens with zero attached hydrogens (tertiary/aromatic N) is 1. The number of aromatic nitrogens is 1. The Kier molecular flexibility index (Phi) is 7.83. The van der Waals surface area contributed by atoms with Gasteiger partial charge in [0.05, 0.1) is 12.7 Å². The van der Waals surface area contributed by atoms with Crippen LogP contribution in [-0.4, -0.2) is 42.6 Å². The Hall–Kier alpha value is -2.15. The summed E-state index contributed by atoms with van der Waals surface area (Å²) in [6.45, 7) is 6.63. The number of nitrogens with one attached hydrogen (secondary N) is 1. The molecule has 0 saturated carbocycles. The summed E-state index contributed by atoms with van der Waals surface area (Å²) in [6, 6.07) is 0.895. The summed E-state index contributed by atoms with van der Waals surface area (Å²) in [5, 5.41) is 2.55. The molecule has 7 nitrogen and oxygen atoms in total. The van der Waals surface area contributed by atoms with E-state index >= 15 is 0 Å². The molecule has 0 aliphatic carbocycles. The molecule has 25 heavy (non-hydrogen) atoms. The van der Waals surface area contributed by atoms with E-state index in [1.54, 1.807) is 19.9 Å². The van der Waals surface area contributed by atoms with Crippen LogP contribution in [-0.2, 0) is 19.1 Å². The minimum atomic E-state index is -0.799. The summed E-state index contributed by atoms with van der Waals surface area (Å²) in [7, 11) is 1.25. The average molecular weight is 371 g/mol. The minimum Gasteiger partial charge on any atom is -0.467 e. The van der Waals surface area contributed by atoms with Gasteiger partial charge in [0.2, 0.25) is 0 Å². The fourth-order valence-corrected chi connectivity index (χ4v) is 2.61. The van der Waals surface area contributed by atoms with E-state index in [1.807, 2.05) is 13.8 Å². The van der Waals surface area contributed by atoms with Crippen molar-refractivity contribution in [2.24, 2.45) is 5.92 Å². The molecule has 0 bridgehead atoms. The van der Waals surface area contributed by atoms with E-state index in [-0.39, 0.29) is 16.6 Å². The van der Waals surface area contributed by atoms with Gasteiger partial charge in [-0.05, 0) is 31.4 Å². The van der Waals surface area contributed by atoms with Crippen LogP contribution in [0, 0.1) is 19.8 Å². The number of amides is 1. The molecule has 1 aromatic heterocycles. The highest BCUT2D eigenvalue weighted by Crippen LogP contribution is 2.19. The molecule has 0 spiro atoms. The van der Waals surface area contributed by atoms with Crippen molar-refractivity contribution in [1.82, 2.24) is 10.3 Å². The molecule has 8 heteroatoms. The fourth-order valence-electron chi connectivity index (χ4n) is 2.25. The van der Waals surface area contributed by atoms with Gasteiger partial charge in [-0.25, -0.2) is 14.6 Å². The van der Waals surface area contributed by atoms with Gasteiger partial charge in [-0.1, -0.05) is 31.9 Å². The van der Waals surface area contributed by atoms with Crippen molar-refractivity contribution in [2.75, 3.05) is 13.7 Å². The first-order chi connectivity index (χ1) is 11.7. The quantitative estimate of drug-likeness (QED) is 0.584. The molecule has 0 saturated heterocycles. The Balaban J connectivity index is 2.72. The largest absolute Gasteiger partial charge is 0.467 e. The first-order valence-corrected chi connectivity index (χ1v) is 8.27. The summed E-state index contributed by atoms with van der Waals surface area (Å²) in [5.41, 5.74) is 1.40. The van der Waals surface area contributed by atoms with Gasteiger partial charge in [-0.2, -0.15) is 0 Å². The Morgan fingerprint density at radius 1 is 1.32 bits per heavy atom. The molecule has 1 N–H and O–H groups in total. The summed E-state index contributed by atoms with van der Waals surface area (Å²) in [4.78, 5) is 39.9. The van der Waals surface area contributed by atoms with Gasteiger partial charge in [0.25, 0.3) is 5.91 Å². The van der Waals surface area contributed by atoms with Gasteiger partial charge in [0.15, 0.2) is 6.61 Å². The number of aryl methyl sites for hydroxylation is 2. The van der Waals surface area contributed by atoms with E-state index in [0.29, 0.717) is 17.7 Å². The topological polar surface area (TPSA) is 94.6 Å². The molecule has 0 unspecified atom stereocenters. The molecule has 0 aromatic carbocycles. The maximum atomic E-state index is 12.1. The lowest BCUT2D eigenvalue weighted by Gasteiger charge is -2.21. The number of esters is 2. The van der Waals surface area contributed by atoms with Crippen molar-refractivity contribution in [3.8, 4) is 0 Å². The van der Waals surface area contributed by atoms with E-state index in [1.165, 1.54) is 7.11 Å². The van der Waals surface area contributed by atoms with Crippen LogP contribution >= 0.6 is 11.6 Å². The van der Waals surface area contributed by atoms with E-state index < -0.39 is 30.5 Å². The van der Waals surface area contributed by atoms with Crippen molar-refractivity contribution in [3.05, 3.63) is 28.0 Å². The second kappa shape index (κ2) is 9.36. The van der Waals surface area contributed by atoms with Gasteiger partial charge in [-0.15, -0.1) is 0 Å². The second-order valence-electron chi connectivity index (χ2n) is 5.78. The smallest absolute Gasteiger partial charge is 0.342 e. The van der Waals surface area contributed by atoms with Gasteiger partial charge in [0.1, 0.15) is 11.2 Å². The third-order valence-corrected chi connectivity index (χ3v) is 4.10. The third kappa shape index (κ3) is 5.70.